The van der Waals surface area contributed by atoms with E-state index in [1.54, 1.807) is 12.3 Å². The van der Waals surface area contributed by atoms with Gasteiger partial charge in [0.25, 0.3) is 5.91 Å². The molecule has 0 saturated heterocycles. The number of carbonyl (C=O) groups excluding carboxylic acids is 1. The number of nitrogens with one attached hydrogen (secondary N) is 2. The lowest BCUT2D eigenvalue weighted by atomic mass is 10.2. The van der Waals surface area contributed by atoms with Gasteiger partial charge >= 0.3 is 0 Å². The lowest BCUT2D eigenvalue weighted by Crippen LogP contribution is -2.24. The van der Waals surface area contributed by atoms with E-state index >= 15 is 0 Å². The summed E-state index contributed by atoms with van der Waals surface area (Å²) in [7, 11) is 0. The van der Waals surface area contributed by atoms with Gasteiger partial charge in [-0.05, 0) is 25.5 Å². The van der Waals surface area contributed by atoms with Crippen LogP contribution in [0.1, 0.15) is 29.9 Å². The van der Waals surface area contributed by atoms with E-state index in [0.717, 1.165) is 5.56 Å². The summed E-state index contributed by atoms with van der Waals surface area (Å²) in [6.45, 7) is 4.47. The van der Waals surface area contributed by atoms with Crippen molar-refractivity contribution in [3.05, 3.63) is 53.9 Å². The Kier molecular flexibility index (Phi) is 4.65. The summed E-state index contributed by atoms with van der Waals surface area (Å²) in [5, 5.41) is 5.91. The predicted molar refractivity (Wildman–Crippen MR) is 78.4 cm³/mol. The molecule has 0 saturated carbocycles. The third kappa shape index (κ3) is 4.05. The molecule has 2 rings (SSSR count). The van der Waals surface area contributed by atoms with Gasteiger partial charge in [0.15, 0.2) is 0 Å². The third-order valence-corrected chi connectivity index (χ3v) is 2.60. The Morgan fingerprint density at radius 2 is 1.95 bits per heavy atom. The van der Waals surface area contributed by atoms with E-state index < -0.39 is 0 Å². The number of nitrogens with zero attached hydrogens (tertiary/aromatic N) is 2. The number of benzene rings is 1. The molecule has 2 aromatic rings. The van der Waals surface area contributed by atoms with E-state index in [1.165, 1.54) is 0 Å². The summed E-state index contributed by atoms with van der Waals surface area (Å²) in [5.74, 6) is 0.260. The first-order valence-corrected chi connectivity index (χ1v) is 6.57. The zero-order valence-electron chi connectivity index (χ0n) is 11.6. The molecule has 1 amide bonds. The maximum absolute atomic E-state index is 12.0. The summed E-state index contributed by atoms with van der Waals surface area (Å²) in [6, 6.07) is 11.6. The Bertz CT molecular complexity index is 569. The van der Waals surface area contributed by atoms with Gasteiger partial charge in [0, 0.05) is 18.8 Å². The minimum atomic E-state index is -0.206. The van der Waals surface area contributed by atoms with Crippen molar-refractivity contribution in [2.24, 2.45) is 0 Å². The van der Waals surface area contributed by atoms with Gasteiger partial charge in [-0.15, -0.1) is 0 Å². The Morgan fingerprint density at radius 1 is 1.20 bits per heavy atom. The van der Waals surface area contributed by atoms with Gasteiger partial charge in [-0.25, -0.2) is 9.97 Å². The van der Waals surface area contributed by atoms with Gasteiger partial charge in [-0.3, -0.25) is 4.79 Å². The van der Waals surface area contributed by atoms with Crippen LogP contribution in [-0.2, 0) is 6.54 Å². The average molecular weight is 270 g/mol. The normalized spacial score (nSPS) is 10.3. The number of hydrogen-bond donors (Lipinski definition) is 2. The Labute approximate surface area is 118 Å². The molecule has 0 aliphatic heterocycles. The lowest BCUT2D eigenvalue weighted by Gasteiger charge is -2.09. The fraction of sp³-hybridized carbons (Fsp3) is 0.267. The molecule has 1 heterocycles. The van der Waals surface area contributed by atoms with Gasteiger partial charge in [0.1, 0.15) is 5.69 Å². The van der Waals surface area contributed by atoms with Gasteiger partial charge in [0.2, 0.25) is 5.95 Å². The zero-order valence-corrected chi connectivity index (χ0v) is 11.6. The van der Waals surface area contributed by atoms with E-state index in [2.05, 4.69) is 20.6 Å². The minimum absolute atomic E-state index is 0.206. The van der Waals surface area contributed by atoms with Gasteiger partial charge < -0.3 is 10.6 Å². The van der Waals surface area contributed by atoms with Crippen molar-refractivity contribution < 1.29 is 4.79 Å². The summed E-state index contributed by atoms with van der Waals surface area (Å²) in [4.78, 5) is 20.3. The maximum Gasteiger partial charge on any atom is 0.270 e. The van der Waals surface area contributed by atoms with Gasteiger partial charge in [0.05, 0.1) is 0 Å². The molecule has 0 bridgehead atoms. The van der Waals surface area contributed by atoms with Crippen molar-refractivity contribution in [3.63, 3.8) is 0 Å². The largest absolute Gasteiger partial charge is 0.352 e. The molecule has 0 aliphatic carbocycles. The van der Waals surface area contributed by atoms with Crippen molar-refractivity contribution in [2.75, 3.05) is 5.32 Å². The minimum Gasteiger partial charge on any atom is -0.352 e. The molecule has 2 N–H and O–H groups in total. The summed E-state index contributed by atoms with van der Waals surface area (Å²) in [6.07, 6.45) is 1.58. The molecule has 1 aromatic heterocycles. The highest BCUT2D eigenvalue weighted by atomic mass is 16.1. The molecule has 20 heavy (non-hydrogen) atoms. The summed E-state index contributed by atoms with van der Waals surface area (Å²) < 4.78 is 0. The monoisotopic (exact) mass is 270 g/mol. The van der Waals surface area contributed by atoms with Crippen molar-refractivity contribution in [2.45, 2.75) is 26.4 Å². The van der Waals surface area contributed by atoms with Crippen molar-refractivity contribution >= 4 is 11.9 Å². The van der Waals surface area contributed by atoms with Crippen LogP contribution in [0.15, 0.2) is 42.6 Å². The standard InChI is InChI=1S/C15H18N4O/c1-11(2)18-15-16-9-8-13(19-15)14(20)17-10-12-6-4-3-5-7-12/h3-9,11H,10H2,1-2H3,(H,17,20)(H,16,18,19). The highest BCUT2D eigenvalue weighted by Gasteiger charge is 2.08. The number of amides is 1. The fourth-order valence-electron chi connectivity index (χ4n) is 1.68. The van der Waals surface area contributed by atoms with E-state index in [9.17, 15) is 4.79 Å². The van der Waals surface area contributed by atoms with Crippen LogP contribution in [-0.4, -0.2) is 21.9 Å². The summed E-state index contributed by atoms with van der Waals surface area (Å²) in [5.41, 5.74) is 1.41. The average Bonchev–Trinajstić information content (AvgIpc) is 2.45. The maximum atomic E-state index is 12.0. The molecule has 0 atom stereocenters. The molecule has 0 fully saturated rings. The van der Waals surface area contributed by atoms with E-state index in [0.29, 0.717) is 18.2 Å². The molecule has 5 nitrogen and oxygen atoms in total. The Balaban J connectivity index is 1.98. The molecular weight excluding hydrogens is 252 g/mol. The van der Waals surface area contributed by atoms with Crippen LogP contribution in [0.25, 0.3) is 0 Å². The molecule has 0 unspecified atom stereocenters. The smallest absolute Gasteiger partial charge is 0.270 e. The topological polar surface area (TPSA) is 66.9 Å². The molecule has 0 spiro atoms. The van der Waals surface area contributed by atoms with Crippen LogP contribution >= 0.6 is 0 Å². The quantitative estimate of drug-likeness (QED) is 0.874. The predicted octanol–water partition coefficient (Wildman–Crippen LogP) is 2.23. The first-order valence-electron chi connectivity index (χ1n) is 6.57. The van der Waals surface area contributed by atoms with Gasteiger partial charge in [-0.2, -0.15) is 0 Å². The molecular formula is C15H18N4O. The second kappa shape index (κ2) is 6.65. The number of carbonyl (C=O) groups is 1. The van der Waals surface area contributed by atoms with Crippen molar-refractivity contribution in [1.82, 2.24) is 15.3 Å². The van der Waals surface area contributed by atoms with Crippen LogP contribution in [0.4, 0.5) is 5.95 Å². The highest BCUT2D eigenvalue weighted by Crippen LogP contribution is 2.03. The molecule has 104 valence electrons. The first kappa shape index (κ1) is 14.0. The van der Waals surface area contributed by atoms with E-state index in [-0.39, 0.29) is 11.9 Å². The van der Waals surface area contributed by atoms with Crippen LogP contribution in [0.5, 0.6) is 0 Å². The molecule has 0 radical (unpaired) electrons. The Morgan fingerprint density at radius 3 is 2.65 bits per heavy atom. The van der Waals surface area contributed by atoms with Crippen LogP contribution in [0.3, 0.4) is 0 Å². The highest BCUT2D eigenvalue weighted by molar-refractivity contribution is 5.92. The number of anilines is 1. The van der Waals surface area contributed by atoms with Crippen molar-refractivity contribution in [1.29, 1.82) is 0 Å². The zero-order chi connectivity index (χ0) is 14.4. The molecule has 1 aromatic carbocycles. The van der Waals surface area contributed by atoms with E-state index in [1.807, 2.05) is 44.2 Å². The number of aromatic nitrogens is 2. The van der Waals surface area contributed by atoms with E-state index in [4.69, 9.17) is 0 Å². The van der Waals surface area contributed by atoms with Crippen LogP contribution in [0, 0.1) is 0 Å². The molecule has 5 heteroatoms. The fourth-order valence-corrected chi connectivity index (χ4v) is 1.68. The van der Waals surface area contributed by atoms with Crippen LogP contribution in [0.2, 0.25) is 0 Å². The third-order valence-electron chi connectivity index (χ3n) is 2.60. The number of hydrogen-bond acceptors (Lipinski definition) is 4. The lowest BCUT2D eigenvalue weighted by molar-refractivity contribution is 0.0946. The SMILES string of the molecule is CC(C)Nc1nccc(C(=O)NCc2ccccc2)n1. The second-order valence-electron chi connectivity index (χ2n) is 4.73. The first-order chi connectivity index (χ1) is 9.65. The van der Waals surface area contributed by atoms with Crippen molar-refractivity contribution in [3.8, 4) is 0 Å². The summed E-state index contributed by atoms with van der Waals surface area (Å²) >= 11 is 0. The number of rotatable bonds is 5. The Hall–Kier alpha value is -2.43. The second-order valence-corrected chi connectivity index (χ2v) is 4.73. The van der Waals surface area contributed by atoms with Crippen LogP contribution < -0.4 is 10.6 Å². The molecule has 0 aliphatic rings. The van der Waals surface area contributed by atoms with Gasteiger partial charge in [-0.1, -0.05) is 30.3 Å².